The molecular formula is C14H22ClNO2. The third-order valence-electron chi connectivity index (χ3n) is 3.57. The van der Waals surface area contributed by atoms with Crippen LogP contribution in [0.5, 0.6) is 11.5 Å². The lowest BCUT2D eigenvalue weighted by Gasteiger charge is -2.32. The Morgan fingerprint density at radius 1 is 1.33 bits per heavy atom. The van der Waals surface area contributed by atoms with E-state index in [1.165, 1.54) is 11.1 Å². The van der Waals surface area contributed by atoms with E-state index in [-0.39, 0.29) is 12.4 Å². The number of hydrogen-bond acceptors (Lipinski definition) is 3. The van der Waals surface area contributed by atoms with Gasteiger partial charge in [0, 0.05) is 12.6 Å². The van der Waals surface area contributed by atoms with Crippen molar-refractivity contribution in [2.45, 2.75) is 26.3 Å². The highest BCUT2D eigenvalue weighted by Gasteiger charge is 2.23. The molecular weight excluding hydrogens is 250 g/mol. The van der Waals surface area contributed by atoms with Crippen LogP contribution in [0.4, 0.5) is 0 Å². The molecule has 0 aromatic heterocycles. The zero-order valence-corrected chi connectivity index (χ0v) is 12.3. The van der Waals surface area contributed by atoms with Crippen LogP contribution < -0.4 is 9.47 Å². The van der Waals surface area contributed by atoms with Crippen LogP contribution in [0, 0.1) is 0 Å². The summed E-state index contributed by atoms with van der Waals surface area (Å²) in [6.07, 6.45) is 1.08. The average molecular weight is 272 g/mol. The molecule has 1 aliphatic rings. The van der Waals surface area contributed by atoms with Crippen LogP contribution in [0.25, 0.3) is 0 Å². The molecule has 18 heavy (non-hydrogen) atoms. The van der Waals surface area contributed by atoms with E-state index in [2.05, 4.69) is 31.0 Å². The maximum atomic E-state index is 5.62. The minimum absolute atomic E-state index is 0. The second-order valence-electron chi connectivity index (χ2n) is 4.54. The van der Waals surface area contributed by atoms with Gasteiger partial charge in [-0.1, -0.05) is 0 Å². The second kappa shape index (κ2) is 6.30. The number of rotatable bonds is 3. The normalized spacial score (nSPS) is 18.8. The van der Waals surface area contributed by atoms with Gasteiger partial charge in [-0.15, -0.1) is 12.4 Å². The molecule has 2 rings (SSSR count). The van der Waals surface area contributed by atoms with Gasteiger partial charge in [0.05, 0.1) is 13.7 Å². The maximum Gasteiger partial charge on any atom is 0.161 e. The van der Waals surface area contributed by atoms with E-state index in [0.29, 0.717) is 12.6 Å². The number of hydrogen-bond donors (Lipinski definition) is 0. The van der Waals surface area contributed by atoms with Crippen LogP contribution in [0.1, 0.15) is 31.0 Å². The smallest absolute Gasteiger partial charge is 0.161 e. The van der Waals surface area contributed by atoms with Gasteiger partial charge in [0.2, 0.25) is 0 Å². The Morgan fingerprint density at radius 3 is 2.67 bits per heavy atom. The van der Waals surface area contributed by atoms with E-state index in [9.17, 15) is 0 Å². The van der Waals surface area contributed by atoms with Gasteiger partial charge in [0.15, 0.2) is 11.5 Å². The number of likely N-dealkylation sites (N-methyl/N-ethyl adjacent to an activating group) is 1. The zero-order valence-electron chi connectivity index (χ0n) is 11.5. The van der Waals surface area contributed by atoms with Gasteiger partial charge in [-0.25, -0.2) is 0 Å². The van der Waals surface area contributed by atoms with E-state index in [0.717, 1.165) is 24.5 Å². The Hall–Kier alpha value is -0.930. The lowest BCUT2D eigenvalue weighted by Crippen LogP contribution is -2.30. The van der Waals surface area contributed by atoms with Crippen molar-refractivity contribution in [2.75, 3.05) is 27.3 Å². The van der Waals surface area contributed by atoms with Gasteiger partial charge >= 0.3 is 0 Å². The lowest BCUT2D eigenvalue weighted by molar-refractivity contribution is 0.245. The zero-order chi connectivity index (χ0) is 12.4. The average Bonchev–Trinajstić information content (AvgIpc) is 2.34. The Kier molecular flexibility index (Phi) is 5.29. The fourth-order valence-corrected chi connectivity index (χ4v) is 2.38. The first-order valence-corrected chi connectivity index (χ1v) is 6.21. The monoisotopic (exact) mass is 271 g/mol. The van der Waals surface area contributed by atoms with Gasteiger partial charge in [-0.2, -0.15) is 0 Å². The van der Waals surface area contributed by atoms with Crippen molar-refractivity contribution in [1.82, 2.24) is 4.90 Å². The van der Waals surface area contributed by atoms with Gasteiger partial charge in [0.1, 0.15) is 0 Å². The van der Waals surface area contributed by atoms with Gasteiger partial charge in [-0.05, 0) is 50.6 Å². The van der Waals surface area contributed by atoms with E-state index in [1.807, 2.05) is 6.92 Å². The predicted octanol–water partition coefficient (Wildman–Crippen LogP) is 3.06. The maximum absolute atomic E-state index is 5.62. The fourth-order valence-electron chi connectivity index (χ4n) is 2.38. The standard InChI is InChI=1S/C14H21NO2.ClH/c1-5-17-14-8-11-6-7-15(3)10(2)12(11)9-13(14)16-4;/h8-10H,5-7H2,1-4H3;1H. The molecule has 0 N–H and O–H groups in total. The largest absolute Gasteiger partial charge is 0.493 e. The molecule has 0 aliphatic carbocycles. The van der Waals surface area contributed by atoms with Gasteiger partial charge < -0.3 is 9.47 Å². The van der Waals surface area contributed by atoms with Crippen LogP contribution in [0.2, 0.25) is 0 Å². The molecule has 1 unspecified atom stereocenters. The number of nitrogens with zero attached hydrogens (tertiary/aromatic N) is 1. The molecule has 1 atom stereocenters. The molecule has 0 saturated carbocycles. The van der Waals surface area contributed by atoms with Crippen LogP contribution >= 0.6 is 12.4 Å². The second-order valence-corrected chi connectivity index (χ2v) is 4.54. The van der Waals surface area contributed by atoms with E-state index in [4.69, 9.17) is 9.47 Å². The number of benzene rings is 1. The number of fused-ring (bicyclic) bond motifs is 1. The van der Waals surface area contributed by atoms with Gasteiger partial charge in [-0.3, -0.25) is 4.90 Å². The van der Waals surface area contributed by atoms with Crippen molar-refractivity contribution >= 4 is 12.4 Å². The van der Waals surface area contributed by atoms with Crippen LogP contribution in [-0.2, 0) is 6.42 Å². The van der Waals surface area contributed by atoms with E-state index >= 15 is 0 Å². The molecule has 3 nitrogen and oxygen atoms in total. The first-order valence-electron chi connectivity index (χ1n) is 6.21. The lowest BCUT2D eigenvalue weighted by atomic mass is 9.93. The topological polar surface area (TPSA) is 21.7 Å². The Labute approximate surface area is 115 Å². The summed E-state index contributed by atoms with van der Waals surface area (Å²) in [5.41, 5.74) is 2.75. The molecule has 0 amide bonds. The molecule has 0 spiro atoms. The van der Waals surface area contributed by atoms with Crippen molar-refractivity contribution < 1.29 is 9.47 Å². The number of halogens is 1. The Bertz CT molecular complexity index is 409. The summed E-state index contributed by atoms with van der Waals surface area (Å²) >= 11 is 0. The first kappa shape index (κ1) is 15.1. The van der Waals surface area contributed by atoms with Crippen molar-refractivity contribution in [3.63, 3.8) is 0 Å². The summed E-state index contributed by atoms with van der Waals surface area (Å²) in [7, 11) is 3.86. The molecule has 0 bridgehead atoms. The molecule has 0 radical (unpaired) electrons. The fraction of sp³-hybridized carbons (Fsp3) is 0.571. The van der Waals surface area contributed by atoms with Crippen LogP contribution in [0.3, 0.4) is 0 Å². The summed E-state index contributed by atoms with van der Waals surface area (Å²) in [5.74, 6) is 1.71. The Morgan fingerprint density at radius 2 is 2.06 bits per heavy atom. The van der Waals surface area contributed by atoms with Crippen molar-refractivity contribution in [3.8, 4) is 11.5 Å². The molecule has 0 saturated heterocycles. The molecule has 1 aromatic rings. The highest BCUT2D eigenvalue weighted by atomic mass is 35.5. The summed E-state index contributed by atoms with van der Waals surface area (Å²) in [6.45, 7) is 6.00. The van der Waals surface area contributed by atoms with Gasteiger partial charge in [0.25, 0.3) is 0 Å². The van der Waals surface area contributed by atoms with Crippen molar-refractivity contribution in [1.29, 1.82) is 0 Å². The molecule has 1 heterocycles. The third-order valence-corrected chi connectivity index (χ3v) is 3.57. The molecule has 4 heteroatoms. The summed E-state index contributed by atoms with van der Waals surface area (Å²) in [4.78, 5) is 2.36. The molecule has 0 fully saturated rings. The predicted molar refractivity (Wildman–Crippen MR) is 76.2 cm³/mol. The minimum Gasteiger partial charge on any atom is -0.493 e. The van der Waals surface area contributed by atoms with Crippen LogP contribution in [-0.4, -0.2) is 32.2 Å². The number of methoxy groups -OCH3 is 1. The number of ether oxygens (including phenoxy) is 2. The third kappa shape index (κ3) is 2.73. The van der Waals surface area contributed by atoms with E-state index < -0.39 is 0 Å². The van der Waals surface area contributed by atoms with Crippen molar-refractivity contribution in [3.05, 3.63) is 23.3 Å². The highest BCUT2D eigenvalue weighted by Crippen LogP contribution is 2.37. The Balaban J connectivity index is 0.00000162. The minimum atomic E-state index is 0. The molecule has 102 valence electrons. The molecule has 1 aliphatic heterocycles. The SMILES string of the molecule is CCOc1cc2c(cc1OC)C(C)N(C)CC2.Cl. The molecule has 1 aromatic carbocycles. The first-order chi connectivity index (χ1) is 8.17. The quantitative estimate of drug-likeness (QED) is 0.843. The highest BCUT2D eigenvalue weighted by molar-refractivity contribution is 5.85. The summed E-state index contributed by atoms with van der Waals surface area (Å²) < 4.78 is 11.0. The summed E-state index contributed by atoms with van der Waals surface area (Å²) in [5, 5.41) is 0. The van der Waals surface area contributed by atoms with Crippen LogP contribution in [0.15, 0.2) is 12.1 Å². The summed E-state index contributed by atoms with van der Waals surface area (Å²) in [6, 6.07) is 4.71. The van der Waals surface area contributed by atoms with Crippen molar-refractivity contribution in [2.24, 2.45) is 0 Å². The van der Waals surface area contributed by atoms with E-state index in [1.54, 1.807) is 7.11 Å².